The van der Waals surface area contributed by atoms with E-state index in [1.54, 1.807) is 0 Å². The number of anilines is 1. The summed E-state index contributed by atoms with van der Waals surface area (Å²) >= 11 is 1.39. The van der Waals surface area contributed by atoms with Crippen molar-refractivity contribution in [2.45, 2.75) is 18.2 Å². The minimum absolute atomic E-state index is 0.0213. The highest BCUT2D eigenvalue weighted by atomic mass is 32.2. The largest absolute Gasteiger partial charge is 0.338 e. The SMILES string of the molecule is Cc1ccc(NC(=O)CSc2ccccc2C(=O)N2CCC(CN)C2)cc1. The minimum atomic E-state index is -0.0875. The minimum Gasteiger partial charge on any atom is -0.338 e. The van der Waals surface area contributed by atoms with E-state index in [0.29, 0.717) is 24.6 Å². The average molecular weight is 384 g/mol. The summed E-state index contributed by atoms with van der Waals surface area (Å²) in [5, 5.41) is 2.89. The van der Waals surface area contributed by atoms with Gasteiger partial charge in [0.05, 0.1) is 11.3 Å². The zero-order valence-corrected chi connectivity index (χ0v) is 16.3. The Morgan fingerprint density at radius 3 is 2.63 bits per heavy atom. The molecule has 1 atom stereocenters. The van der Waals surface area contributed by atoms with Gasteiger partial charge >= 0.3 is 0 Å². The fourth-order valence-corrected chi connectivity index (χ4v) is 3.97. The number of nitrogens with zero attached hydrogens (tertiary/aromatic N) is 1. The Morgan fingerprint density at radius 1 is 1.19 bits per heavy atom. The van der Waals surface area contributed by atoms with Crippen molar-refractivity contribution in [2.75, 3.05) is 30.7 Å². The monoisotopic (exact) mass is 383 g/mol. The Labute approximate surface area is 164 Å². The molecule has 1 heterocycles. The Bertz CT molecular complexity index is 807. The molecule has 1 unspecified atom stereocenters. The Balaban J connectivity index is 1.61. The topological polar surface area (TPSA) is 75.4 Å². The van der Waals surface area contributed by atoms with E-state index >= 15 is 0 Å². The van der Waals surface area contributed by atoms with Gasteiger partial charge in [0.2, 0.25) is 5.91 Å². The van der Waals surface area contributed by atoms with Crippen LogP contribution in [0.25, 0.3) is 0 Å². The van der Waals surface area contributed by atoms with Crippen LogP contribution >= 0.6 is 11.8 Å². The second-order valence-electron chi connectivity index (χ2n) is 6.84. The molecule has 0 bridgehead atoms. The lowest BCUT2D eigenvalue weighted by Gasteiger charge is -2.18. The molecule has 5 nitrogen and oxygen atoms in total. The number of thioether (sulfide) groups is 1. The van der Waals surface area contributed by atoms with Crippen molar-refractivity contribution in [3.05, 3.63) is 59.7 Å². The van der Waals surface area contributed by atoms with Crippen LogP contribution < -0.4 is 11.1 Å². The van der Waals surface area contributed by atoms with Crippen molar-refractivity contribution >= 4 is 29.3 Å². The molecule has 27 heavy (non-hydrogen) atoms. The van der Waals surface area contributed by atoms with Crippen molar-refractivity contribution in [1.82, 2.24) is 4.90 Å². The Hall–Kier alpha value is -2.31. The number of nitrogens with two attached hydrogens (primary N) is 1. The lowest BCUT2D eigenvalue weighted by Crippen LogP contribution is -2.30. The van der Waals surface area contributed by atoms with Crippen LogP contribution in [0.4, 0.5) is 5.69 Å². The Kier molecular flexibility index (Phi) is 6.53. The highest BCUT2D eigenvalue weighted by Crippen LogP contribution is 2.26. The smallest absolute Gasteiger partial charge is 0.254 e. The molecule has 1 fully saturated rings. The molecule has 1 aliphatic heterocycles. The van der Waals surface area contributed by atoms with Crippen LogP contribution in [0.5, 0.6) is 0 Å². The van der Waals surface area contributed by atoms with Gasteiger partial charge in [-0.2, -0.15) is 0 Å². The van der Waals surface area contributed by atoms with Crippen LogP contribution in [0.1, 0.15) is 22.3 Å². The van der Waals surface area contributed by atoms with Crippen LogP contribution in [0.15, 0.2) is 53.4 Å². The number of carbonyl (C=O) groups is 2. The fraction of sp³-hybridized carbons (Fsp3) is 0.333. The molecule has 2 aromatic carbocycles. The van der Waals surface area contributed by atoms with Crippen molar-refractivity contribution in [2.24, 2.45) is 11.7 Å². The number of nitrogens with one attached hydrogen (secondary N) is 1. The maximum absolute atomic E-state index is 12.9. The summed E-state index contributed by atoms with van der Waals surface area (Å²) < 4.78 is 0. The molecule has 142 valence electrons. The molecule has 0 spiro atoms. The third-order valence-corrected chi connectivity index (χ3v) is 5.79. The summed E-state index contributed by atoms with van der Waals surface area (Å²) in [6.07, 6.45) is 0.955. The van der Waals surface area contributed by atoms with E-state index in [9.17, 15) is 9.59 Å². The van der Waals surface area contributed by atoms with Gasteiger partial charge in [0, 0.05) is 23.7 Å². The molecule has 2 aromatic rings. The summed E-state index contributed by atoms with van der Waals surface area (Å²) in [5.41, 5.74) is 8.31. The van der Waals surface area contributed by atoms with Gasteiger partial charge < -0.3 is 16.0 Å². The molecule has 1 aliphatic rings. The van der Waals surface area contributed by atoms with Crippen LogP contribution in [-0.2, 0) is 4.79 Å². The second kappa shape index (κ2) is 9.06. The van der Waals surface area contributed by atoms with Gasteiger partial charge in [0.1, 0.15) is 0 Å². The summed E-state index contributed by atoms with van der Waals surface area (Å²) in [5.74, 6) is 0.571. The number of aryl methyl sites for hydroxylation is 1. The first-order valence-corrected chi connectivity index (χ1v) is 10.1. The van der Waals surface area contributed by atoms with Crippen LogP contribution in [-0.4, -0.2) is 42.1 Å². The number of hydrogen-bond acceptors (Lipinski definition) is 4. The molecular weight excluding hydrogens is 358 g/mol. The lowest BCUT2D eigenvalue weighted by atomic mass is 10.1. The summed E-state index contributed by atoms with van der Waals surface area (Å²) in [6.45, 7) is 4.07. The maximum atomic E-state index is 12.9. The summed E-state index contributed by atoms with van der Waals surface area (Å²) in [7, 11) is 0. The third-order valence-electron chi connectivity index (χ3n) is 4.72. The molecule has 0 aliphatic carbocycles. The zero-order chi connectivity index (χ0) is 19.2. The van der Waals surface area contributed by atoms with Gasteiger partial charge in [-0.3, -0.25) is 9.59 Å². The van der Waals surface area contributed by atoms with E-state index in [1.165, 1.54) is 11.8 Å². The predicted octanol–water partition coefficient (Wildman–Crippen LogP) is 3.15. The van der Waals surface area contributed by atoms with Gasteiger partial charge in [-0.1, -0.05) is 29.8 Å². The van der Waals surface area contributed by atoms with Gasteiger partial charge in [0.15, 0.2) is 0 Å². The van der Waals surface area contributed by atoms with E-state index < -0.39 is 0 Å². The van der Waals surface area contributed by atoms with Gasteiger partial charge in [-0.15, -0.1) is 11.8 Å². The normalized spacial score (nSPS) is 16.4. The molecule has 3 N–H and O–H groups in total. The number of hydrogen-bond donors (Lipinski definition) is 2. The van der Waals surface area contributed by atoms with Crippen LogP contribution in [0.3, 0.4) is 0 Å². The highest BCUT2D eigenvalue weighted by Gasteiger charge is 2.27. The van der Waals surface area contributed by atoms with E-state index in [-0.39, 0.29) is 17.6 Å². The van der Waals surface area contributed by atoms with E-state index in [2.05, 4.69) is 5.32 Å². The quantitative estimate of drug-likeness (QED) is 0.752. The zero-order valence-electron chi connectivity index (χ0n) is 15.5. The van der Waals surface area contributed by atoms with Crippen LogP contribution in [0, 0.1) is 12.8 Å². The van der Waals surface area contributed by atoms with Gasteiger partial charge in [-0.05, 0) is 50.1 Å². The Morgan fingerprint density at radius 2 is 1.93 bits per heavy atom. The number of benzene rings is 2. The number of amides is 2. The van der Waals surface area contributed by atoms with Crippen LogP contribution in [0.2, 0.25) is 0 Å². The van der Waals surface area contributed by atoms with E-state index in [0.717, 1.165) is 29.1 Å². The first-order valence-electron chi connectivity index (χ1n) is 9.14. The molecule has 0 saturated carbocycles. The number of rotatable bonds is 6. The molecule has 2 amide bonds. The van der Waals surface area contributed by atoms with Crippen molar-refractivity contribution in [1.29, 1.82) is 0 Å². The molecule has 1 saturated heterocycles. The van der Waals surface area contributed by atoms with Gasteiger partial charge in [-0.25, -0.2) is 0 Å². The molecular formula is C21H25N3O2S. The highest BCUT2D eigenvalue weighted by molar-refractivity contribution is 8.00. The number of likely N-dealkylation sites (tertiary alicyclic amines) is 1. The molecule has 3 rings (SSSR count). The molecule has 0 aromatic heterocycles. The predicted molar refractivity (Wildman–Crippen MR) is 110 cm³/mol. The van der Waals surface area contributed by atoms with Crippen molar-refractivity contribution < 1.29 is 9.59 Å². The van der Waals surface area contributed by atoms with Crippen molar-refractivity contribution in [3.63, 3.8) is 0 Å². The number of carbonyl (C=O) groups excluding carboxylic acids is 2. The maximum Gasteiger partial charge on any atom is 0.254 e. The van der Waals surface area contributed by atoms with Crippen molar-refractivity contribution in [3.8, 4) is 0 Å². The summed E-state index contributed by atoms with van der Waals surface area (Å²) in [4.78, 5) is 27.8. The standard InChI is InChI=1S/C21H25N3O2S/c1-15-6-8-17(9-7-15)23-20(25)14-27-19-5-3-2-4-18(19)21(26)24-11-10-16(12-22)13-24/h2-9,16H,10-14,22H2,1H3,(H,23,25). The fourth-order valence-electron chi connectivity index (χ4n) is 3.13. The first kappa shape index (κ1) is 19.5. The second-order valence-corrected chi connectivity index (χ2v) is 7.86. The molecule has 6 heteroatoms. The van der Waals surface area contributed by atoms with E-state index in [1.807, 2.05) is 60.4 Å². The molecule has 0 radical (unpaired) electrons. The van der Waals surface area contributed by atoms with Gasteiger partial charge in [0.25, 0.3) is 5.91 Å². The lowest BCUT2D eigenvalue weighted by molar-refractivity contribution is -0.113. The van der Waals surface area contributed by atoms with E-state index in [4.69, 9.17) is 5.73 Å². The average Bonchev–Trinajstić information content (AvgIpc) is 3.17. The first-order chi connectivity index (χ1) is 13.1. The summed E-state index contributed by atoms with van der Waals surface area (Å²) in [6, 6.07) is 15.2. The third kappa shape index (κ3) is 5.11.